The predicted octanol–water partition coefficient (Wildman–Crippen LogP) is 3.31. The first-order valence-corrected chi connectivity index (χ1v) is 7.92. The van der Waals surface area contributed by atoms with Gasteiger partial charge in [-0.25, -0.2) is 4.68 Å². The van der Waals surface area contributed by atoms with Crippen molar-refractivity contribution >= 4 is 35.6 Å². The summed E-state index contributed by atoms with van der Waals surface area (Å²) in [5.74, 6) is 0.597. The van der Waals surface area contributed by atoms with Crippen molar-refractivity contribution in [3.05, 3.63) is 40.5 Å². The van der Waals surface area contributed by atoms with E-state index in [2.05, 4.69) is 10.00 Å². The van der Waals surface area contributed by atoms with E-state index in [0.717, 1.165) is 38.5 Å². The van der Waals surface area contributed by atoms with Gasteiger partial charge in [-0.3, -0.25) is 4.90 Å². The third kappa shape index (κ3) is 4.99. The lowest BCUT2D eigenvalue weighted by atomic mass is 10.3. The molecule has 0 aliphatic carbocycles. The second kappa shape index (κ2) is 8.76. The van der Waals surface area contributed by atoms with Crippen molar-refractivity contribution in [1.29, 1.82) is 0 Å². The molecule has 5 nitrogen and oxygen atoms in total. The Kier molecular flexibility index (Phi) is 6.99. The minimum atomic E-state index is 0. The molecular formula is C15H18Cl3N3O2. The van der Waals surface area contributed by atoms with Gasteiger partial charge in [-0.05, 0) is 18.2 Å². The van der Waals surface area contributed by atoms with Gasteiger partial charge in [0.15, 0.2) is 0 Å². The van der Waals surface area contributed by atoms with Gasteiger partial charge in [0.25, 0.3) is 0 Å². The van der Waals surface area contributed by atoms with E-state index in [1.807, 2.05) is 18.3 Å². The van der Waals surface area contributed by atoms with Crippen molar-refractivity contribution in [3.63, 3.8) is 0 Å². The summed E-state index contributed by atoms with van der Waals surface area (Å²) >= 11 is 11.9. The standard InChI is InChI=1S/C15H17Cl2N3O2.ClH/c16-13-2-1-12(11-14(13)17)20-4-3-15(18-20)22-10-7-19-5-8-21-9-6-19;/h1-4,11H,5-10H2;1H. The van der Waals surface area contributed by atoms with Gasteiger partial charge in [0.05, 0.1) is 28.9 Å². The smallest absolute Gasteiger partial charge is 0.233 e. The highest BCUT2D eigenvalue weighted by atomic mass is 35.5. The van der Waals surface area contributed by atoms with Gasteiger partial charge in [0, 0.05) is 31.9 Å². The largest absolute Gasteiger partial charge is 0.475 e. The zero-order valence-corrected chi connectivity index (χ0v) is 14.8. The van der Waals surface area contributed by atoms with Gasteiger partial charge in [-0.2, -0.15) is 0 Å². The number of halogens is 3. The van der Waals surface area contributed by atoms with Crippen LogP contribution in [0, 0.1) is 0 Å². The lowest BCUT2D eigenvalue weighted by Crippen LogP contribution is -2.38. The molecule has 1 aromatic carbocycles. The topological polar surface area (TPSA) is 39.5 Å². The lowest BCUT2D eigenvalue weighted by molar-refractivity contribution is 0.0320. The second-order valence-electron chi connectivity index (χ2n) is 5.00. The fraction of sp³-hybridized carbons (Fsp3) is 0.400. The Labute approximate surface area is 151 Å². The molecule has 2 aromatic rings. The summed E-state index contributed by atoms with van der Waals surface area (Å²) < 4.78 is 12.7. The van der Waals surface area contributed by atoms with Crippen molar-refractivity contribution in [3.8, 4) is 11.6 Å². The zero-order chi connectivity index (χ0) is 15.4. The Morgan fingerprint density at radius 1 is 1.13 bits per heavy atom. The summed E-state index contributed by atoms with van der Waals surface area (Å²) in [6, 6.07) is 7.22. The van der Waals surface area contributed by atoms with Gasteiger partial charge in [0.1, 0.15) is 6.61 Å². The zero-order valence-electron chi connectivity index (χ0n) is 12.5. The number of benzene rings is 1. The Morgan fingerprint density at radius 2 is 1.91 bits per heavy atom. The number of aromatic nitrogens is 2. The van der Waals surface area contributed by atoms with Crippen LogP contribution >= 0.6 is 35.6 Å². The highest BCUT2D eigenvalue weighted by molar-refractivity contribution is 6.42. The van der Waals surface area contributed by atoms with Gasteiger partial charge >= 0.3 is 0 Å². The minimum Gasteiger partial charge on any atom is -0.475 e. The molecule has 0 amide bonds. The van der Waals surface area contributed by atoms with E-state index in [1.165, 1.54) is 0 Å². The van der Waals surface area contributed by atoms with Gasteiger partial charge in [-0.15, -0.1) is 17.5 Å². The summed E-state index contributed by atoms with van der Waals surface area (Å²) in [7, 11) is 0. The number of morpholine rings is 1. The molecule has 23 heavy (non-hydrogen) atoms. The summed E-state index contributed by atoms with van der Waals surface area (Å²) in [5, 5.41) is 5.41. The Balaban J connectivity index is 0.00000192. The van der Waals surface area contributed by atoms with E-state index < -0.39 is 0 Å². The van der Waals surface area contributed by atoms with Crippen molar-refractivity contribution in [1.82, 2.24) is 14.7 Å². The van der Waals surface area contributed by atoms with Crippen LogP contribution in [0.25, 0.3) is 5.69 Å². The minimum absolute atomic E-state index is 0. The van der Waals surface area contributed by atoms with E-state index in [-0.39, 0.29) is 12.4 Å². The molecule has 8 heteroatoms. The molecule has 0 atom stereocenters. The Morgan fingerprint density at radius 3 is 2.65 bits per heavy atom. The number of ether oxygens (including phenoxy) is 2. The molecule has 0 N–H and O–H groups in total. The third-order valence-corrected chi connectivity index (χ3v) is 4.23. The fourth-order valence-electron chi connectivity index (χ4n) is 2.26. The van der Waals surface area contributed by atoms with Crippen LogP contribution in [-0.4, -0.2) is 54.1 Å². The monoisotopic (exact) mass is 377 g/mol. The molecule has 0 radical (unpaired) electrons. The van der Waals surface area contributed by atoms with Crippen LogP contribution in [0.2, 0.25) is 10.0 Å². The van der Waals surface area contributed by atoms with Crippen LogP contribution in [0.15, 0.2) is 30.5 Å². The van der Waals surface area contributed by atoms with Crippen LogP contribution < -0.4 is 4.74 Å². The van der Waals surface area contributed by atoms with Gasteiger partial charge < -0.3 is 9.47 Å². The molecule has 1 aromatic heterocycles. The maximum atomic E-state index is 6.02. The van der Waals surface area contributed by atoms with Crippen molar-refractivity contribution in [2.75, 3.05) is 39.5 Å². The van der Waals surface area contributed by atoms with E-state index in [1.54, 1.807) is 16.8 Å². The van der Waals surface area contributed by atoms with Crippen LogP contribution in [-0.2, 0) is 4.74 Å². The van der Waals surface area contributed by atoms with Crippen molar-refractivity contribution in [2.24, 2.45) is 0 Å². The van der Waals surface area contributed by atoms with E-state index in [0.29, 0.717) is 22.5 Å². The second-order valence-corrected chi connectivity index (χ2v) is 5.81. The molecule has 2 heterocycles. The molecule has 1 saturated heterocycles. The van der Waals surface area contributed by atoms with Crippen LogP contribution in [0.4, 0.5) is 0 Å². The van der Waals surface area contributed by atoms with Crippen molar-refractivity contribution < 1.29 is 9.47 Å². The average Bonchev–Trinajstić information content (AvgIpc) is 3.00. The third-order valence-electron chi connectivity index (χ3n) is 3.49. The predicted molar refractivity (Wildman–Crippen MR) is 93.6 cm³/mol. The van der Waals surface area contributed by atoms with Gasteiger partial charge in [0.2, 0.25) is 5.88 Å². The average molecular weight is 379 g/mol. The Hall–Kier alpha value is -0.980. The molecule has 1 aliphatic rings. The van der Waals surface area contributed by atoms with E-state index in [9.17, 15) is 0 Å². The number of hydrogen-bond acceptors (Lipinski definition) is 4. The van der Waals surface area contributed by atoms with E-state index >= 15 is 0 Å². The SMILES string of the molecule is Cl.Clc1ccc(-n2ccc(OCCN3CCOCC3)n2)cc1Cl. The molecule has 1 aliphatic heterocycles. The summed E-state index contributed by atoms with van der Waals surface area (Å²) in [6.45, 7) is 5.00. The molecule has 0 saturated carbocycles. The highest BCUT2D eigenvalue weighted by Crippen LogP contribution is 2.24. The summed E-state index contributed by atoms with van der Waals surface area (Å²) in [5.41, 5.74) is 0.845. The van der Waals surface area contributed by atoms with Crippen LogP contribution in [0.5, 0.6) is 5.88 Å². The molecule has 3 rings (SSSR count). The Bertz CT molecular complexity index is 630. The fourth-order valence-corrected chi connectivity index (χ4v) is 2.55. The molecule has 0 unspecified atom stereocenters. The van der Waals surface area contributed by atoms with Crippen LogP contribution in [0.3, 0.4) is 0 Å². The molecular weight excluding hydrogens is 361 g/mol. The summed E-state index contributed by atoms with van der Waals surface area (Å²) in [4.78, 5) is 2.32. The first kappa shape index (κ1) is 18.4. The molecule has 1 fully saturated rings. The number of hydrogen-bond donors (Lipinski definition) is 0. The van der Waals surface area contributed by atoms with E-state index in [4.69, 9.17) is 32.7 Å². The molecule has 0 spiro atoms. The van der Waals surface area contributed by atoms with Crippen LogP contribution in [0.1, 0.15) is 0 Å². The highest BCUT2D eigenvalue weighted by Gasteiger charge is 2.10. The van der Waals surface area contributed by atoms with Gasteiger partial charge in [-0.1, -0.05) is 23.2 Å². The normalized spacial score (nSPS) is 15.2. The maximum Gasteiger partial charge on any atom is 0.233 e. The molecule has 0 bridgehead atoms. The first-order chi connectivity index (χ1) is 10.7. The van der Waals surface area contributed by atoms with Crippen molar-refractivity contribution in [2.45, 2.75) is 0 Å². The quantitative estimate of drug-likeness (QED) is 0.800. The number of nitrogens with zero attached hydrogens (tertiary/aromatic N) is 3. The maximum absolute atomic E-state index is 6.02. The lowest BCUT2D eigenvalue weighted by Gasteiger charge is -2.26. The first-order valence-electron chi connectivity index (χ1n) is 7.16. The summed E-state index contributed by atoms with van der Waals surface area (Å²) in [6.07, 6.45) is 1.84. The number of rotatable bonds is 5. The molecule has 126 valence electrons.